The van der Waals surface area contributed by atoms with E-state index in [1.807, 2.05) is 0 Å². The molecule has 0 spiro atoms. The molecule has 7 heteroatoms. The van der Waals surface area contributed by atoms with Gasteiger partial charge in [-0.25, -0.2) is 4.39 Å². The van der Waals surface area contributed by atoms with Gasteiger partial charge in [0.2, 0.25) is 0 Å². The molecule has 0 fully saturated rings. The smallest absolute Gasteiger partial charge is 0.170 e. The van der Waals surface area contributed by atoms with Crippen LogP contribution >= 0.6 is 34.2 Å². The predicted molar refractivity (Wildman–Crippen MR) is 90.4 cm³/mol. The molecule has 0 atom stereocenters. The monoisotopic (exact) mass is 419 g/mol. The van der Waals surface area contributed by atoms with Crippen LogP contribution in [0.1, 0.15) is 11.1 Å². The molecular formula is C14H12ClFIN3O. The maximum Gasteiger partial charge on any atom is 0.170 e. The van der Waals surface area contributed by atoms with Crippen molar-refractivity contribution in [2.75, 3.05) is 5.32 Å². The number of rotatable bonds is 4. The number of amidine groups is 1. The lowest BCUT2D eigenvalue weighted by Gasteiger charge is -2.11. The highest BCUT2D eigenvalue weighted by Crippen LogP contribution is 2.22. The van der Waals surface area contributed by atoms with Crippen molar-refractivity contribution in [2.24, 2.45) is 10.9 Å². The number of benzene rings is 2. The normalized spacial score (nSPS) is 11.5. The number of oxime groups is 1. The van der Waals surface area contributed by atoms with Gasteiger partial charge in [0.1, 0.15) is 5.82 Å². The van der Waals surface area contributed by atoms with E-state index in [4.69, 9.17) is 22.5 Å². The number of nitrogens with zero attached hydrogens (tertiary/aromatic N) is 1. The molecular weight excluding hydrogens is 408 g/mol. The molecule has 0 unspecified atom stereocenters. The Morgan fingerprint density at radius 2 is 2.10 bits per heavy atom. The second-order valence-corrected chi connectivity index (χ2v) is 5.84. The minimum absolute atomic E-state index is 0.00416. The van der Waals surface area contributed by atoms with Gasteiger partial charge in [-0.05, 0) is 52.4 Å². The average Bonchev–Trinajstić information content (AvgIpc) is 2.46. The van der Waals surface area contributed by atoms with Crippen molar-refractivity contribution < 1.29 is 9.60 Å². The minimum atomic E-state index is -0.272. The van der Waals surface area contributed by atoms with Gasteiger partial charge in [-0.1, -0.05) is 28.9 Å². The quantitative estimate of drug-likeness (QED) is 0.232. The number of hydrogen-bond acceptors (Lipinski definition) is 3. The van der Waals surface area contributed by atoms with Crippen LogP contribution in [-0.2, 0) is 6.54 Å². The summed E-state index contributed by atoms with van der Waals surface area (Å²) < 4.78 is 13.8. The molecule has 0 saturated carbocycles. The van der Waals surface area contributed by atoms with E-state index in [1.54, 1.807) is 24.3 Å². The van der Waals surface area contributed by atoms with Crippen LogP contribution in [0, 0.1) is 9.39 Å². The largest absolute Gasteiger partial charge is 0.409 e. The summed E-state index contributed by atoms with van der Waals surface area (Å²) in [4.78, 5) is 0. The fraction of sp³-hybridized carbons (Fsp3) is 0.0714. The molecule has 4 N–H and O–H groups in total. The lowest BCUT2D eigenvalue weighted by atomic mass is 10.1. The molecule has 0 amide bonds. The number of hydrogen-bond donors (Lipinski definition) is 3. The molecule has 0 aromatic heterocycles. The van der Waals surface area contributed by atoms with Crippen LogP contribution in [0.4, 0.5) is 10.1 Å². The van der Waals surface area contributed by atoms with Crippen molar-refractivity contribution in [1.29, 1.82) is 0 Å². The second kappa shape index (κ2) is 6.95. The second-order valence-electron chi connectivity index (χ2n) is 4.27. The van der Waals surface area contributed by atoms with Gasteiger partial charge in [0.05, 0.1) is 0 Å². The Hall–Kier alpha value is -1.54. The molecule has 0 radical (unpaired) electrons. The van der Waals surface area contributed by atoms with Crippen molar-refractivity contribution in [1.82, 2.24) is 0 Å². The van der Waals surface area contributed by atoms with Crippen LogP contribution in [0.25, 0.3) is 0 Å². The van der Waals surface area contributed by atoms with E-state index in [1.165, 1.54) is 12.1 Å². The summed E-state index contributed by atoms with van der Waals surface area (Å²) in [6.45, 7) is 0.483. The Bertz CT molecular complexity index is 694. The first-order chi connectivity index (χ1) is 10.0. The first kappa shape index (κ1) is 15.8. The third-order valence-corrected chi connectivity index (χ3v) is 4.10. The van der Waals surface area contributed by atoms with Crippen molar-refractivity contribution in [2.45, 2.75) is 6.54 Å². The van der Waals surface area contributed by atoms with Gasteiger partial charge in [-0.2, -0.15) is 0 Å². The average molecular weight is 420 g/mol. The molecule has 0 saturated heterocycles. The van der Waals surface area contributed by atoms with E-state index >= 15 is 0 Å². The summed E-state index contributed by atoms with van der Waals surface area (Å²) >= 11 is 8.23. The number of halogens is 3. The molecule has 0 heterocycles. The molecule has 2 rings (SSSR count). The number of nitrogens with one attached hydrogen (secondary N) is 1. The Kier molecular flexibility index (Phi) is 5.24. The summed E-state index contributed by atoms with van der Waals surface area (Å²) in [5.74, 6) is -0.268. The van der Waals surface area contributed by atoms with E-state index in [0.717, 1.165) is 14.8 Å². The van der Waals surface area contributed by atoms with Crippen molar-refractivity contribution >= 4 is 45.7 Å². The molecule has 21 heavy (non-hydrogen) atoms. The molecule has 0 aliphatic heterocycles. The van der Waals surface area contributed by atoms with Crippen molar-refractivity contribution in [3.05, 3.63) is 61.9 Å². The zero-order valence-electron chi connectivity index (χ0n) is 10.8. The Balaban J connectivity index is 2.13. The van der Waals surface area contributed by atoms with Gasteiger partial charge < -0.3 is 16.3 Å². The molecule has 0 aliphatic rings. The molecule has 0 bridgehead atoms. The SMILES string of the molecule is N/C(=N/O)c1ccc(CNc2ccc(F)cc2I)c(Cl)c1. The zero-order chi connectivity index (χ0) is 15.4. The van der Waals surface area contributed by atoms with Gasteiger partial charge in [-0.3, -0.25) is 0 Å². The van der Waals surface area contributed by atoms with Gasteiger partial charge in [-0.15, -0.1) is 0 Å². The molecule has 110 valence electrons. The lowest BCUT2D eigenvalue weighted by Crippen LogP contribution is -2.13. The predicted octanol–water partition coefficient (Wildman–Crippen LogP) is 3.79. The van der Waals surface area contributed by atoms with E-state index in [2.05, 4.69) is 33.1 Å². The highest BCUT2D eigenvalue weighted by Gasteiger charge is 2.06. The van der Waals surface area contributed by atoms with Crippen LogP contribution in [-0.4, -0.2) is 11.0 Å². The van der Waals surface area contributed by atoms with E-state index in [-0.39, 0.29) is 11.7 Å². The maximum atomic E-state index is 13.0. The van der Waals surface area contributed by atoms with Gasteiger partial charge >= 0.3 is 0 Å². The van der Waals surface area contributed by atoms with Crippen molar-refractivity contribution in [3.8, 4) is 0 Å². The summed E-state index contributed by atoms with van der Waals surface area (Å²) in [6.07, 6.45) is 0. The molecule has 2 aromatic rings. The summed E-state index contributed by atoms with van der Waals surface area (Å²) in [5.41, 5.74) is 7.73. The third-order valence-electron chi connectivity index (χ3n) is 2.86. The molecule has 2 aromatic carbocycles. The highest BCUT2D eigenvalue weighted by atomic mass is 127. The highest BCUT2D eigenvalue weighted by molar-refractivity contribution is 14.1. The van der Waals surface area contributed by atoms with Crippen LogP contribution in [0.2, 0.25) is 5.02 Å². The van der Waals surface area contributed by atoms with Crippen molar-refractivity contribution in [3.63, 3.8) is 0 Å². The van der Waals surface area contributed by atoms with E-state index < -0.39 is 0 Å². The summed E-state index contributed by atoms with van der Waals surface area (Å²) in [6, 6.07) is 9.66. The van der Waals surface area contributed by atoms with Crippen LogP contribution in [0.3, 0.4) is 0 Å². The number of nitrogens with two attached hydrogens (primary N) is 1. The zero-order valence-corrected chi connectivity index (χ0v) is 13.7. The van der Waals surface area contributed by atoms with Crippen LogP contribution < -0.4 is 11.1 Å². The lowest BCUT2D eigenvalue weighted by molar-refractivity contribution is 0.318. The minimum Gasteiger partial charge on any atom is -0.409 e. The fourth-order valence-electron chi connectivity index (χ4n) is 1.73. The molecule has 0 aliphatic carbocycles. The van der Waals surface area contributed by atoms with Gasteiger partial charge in [0.15, 0.2) is 5.84 Å². The Morgan fingerprint density at radius 1 is 1.33 bits per heavy atom. The Labute approximate surface area is 139 Å². The summed E-state index contributed by atoms with van der Waals surface area (Å²) in [7, 11) is 0. The van der Waals surface area contributed by atoms with Gasteiger partial charge in [0.25, 0.3) is 0 Å². The third kappa shape index (κ3) is 3.98. The van der Waals surface area contributed by atoms with E-state index in [9.17, 15) is 4.39 Å². The number of anilines is 1. The maximum absolute atomic E-state index is 13.0. The van der Waals surface area contributed by atoms with Crippen LogP contribution in [0.5, 0.6) is 0 Å². The first-order valence-electron chi connectivity index (χ1n) is 5.96. The molecule has 4 nitrogen and oxygen atoms in total. The van der Waals surface area contributed by atoms with E-state index in [0.29, 0.717) is 17.1 Å². The fourth-order valence-corrected chi connectivity index (χ4v) is 2.65. The Morgan fingerprint density at radius 3 is 2.71 bits per heavy atom. The standard InChI is InChI=1S/C14H12ClFIN3O/c15-11-5-8(14(18)20-21)1-2-9(11)7-19-13-4-3-10(16)6-12(13)17/h1-6,19,21H,7H2,(H2,18,20). The summed E-state index contributed by atoms with van der Waals surface area (Å²) in [5, 5.41) is 15.2. The van der Waals surface area contributed by atoms with Gasteiger partial charge in [0, 0.05) is 26.4 Å². The van der Waals surface area contributed by atoms with Crippen LogP contribution in [0.15, 0.2) is 41.6 Å². The first-order valence-corrected chi connectivity index (χ1v) is 7.42. The topological polar surface area (TPSA) is 70.6 Å².